The van der Waals surface area contributed by atoms with E-state index in [2.05, 4.69) is 5.32 Å². The van der Waals surface area contributed by atoms with Gasteiger partial charge in [-0.15, -0.1) is 0 Å². The number of aromatic hydroxyl groups is 2. The molecule has 0 atom stereocenters. The van der Waals surface area contributed by atoms with Crippen molar-refractivity contribution in [1.82, 2.24) is 5.32 Å². The van der Waals surface area contributed by atoms with E-state index in [0.717, 1.165) is 0 Å². The van der Waals surface area contributed by atoms with Gasteiger partial charge in [0.1, 0.15) is 11.5 Å². The van der Waals surface area contributed by atoms with Crippen LogP contribution in [0.3, 0.4) is 0 Å². The Morgan fingerprint density at radius 3 is 2.61 bits per heavy atom. The maximum absolute atomic E-state index is 11.9. The van der Waals surface area contributed by atoms with Crippen molar-refractivity contribution in [3.8, 4) is 11.5 Å². The van der Waals surface area contributed by atoms with E-state index in [9.17, 15) is 19.2 Å². The van der Waals surface area contributed by atoms with Gasteiger partial charge in [-0.1, -0.05) is 0 Å². The fourth-order valence-corrected chi connectivity index (χ4v) is 3.21. The van der Waals surface area contributed by atoms with Crippen LogP contribution in [0.1, 0.15) is 23.2 Å². The molecular weight excluding hydrogens is 254 g/mol. The second kappa shape index (κ2) is 5.39. The summed E-state index contributed by atoms with van der Waals surface area (Å²) < 4.78 is 11.2. The van der Waals surface area contributed by atoms with Gasteiger partial charge in [-0.3, -0.25) is 9.00 Å². The summed E-state index contributed by atoms with van der Waals surface area (Å²) in [6.07, 6.45) is 1.36. The summed E-state index contributed by atoms with van der Waals surface area (Å²) in [5.41, 5.74) is 0.0571. The number of hydrogen-bond acceptors (Lipinski definition) is 4. The minimum Gasteiger partial charge on any atom is -0.508 e. The average Bonchev–Trinajstić information content (AvgIpc) is 2.35. The minimum atomic E-state index is -0.769. The van der Waals surface area contributed by atoms with Crippen LogP contribution in [0.5, 0.6) is 11.5 Å². The molecule has 5 nitrogen and oxygen atoms in total. The van der Waals surface area contributed by atoms with Crippen molar-refractivity contribution in [1.29, 1.82) is 0 Å². The Morgan fingerprint density at radius 1 is 1.28 bits per heavy atom. The summed E-state index contributed by atoms with van der Waals surface area (Å²) in [7, 11) is -0.769. The van der Waals surface area contributed by atoms with E-state index in [1.165, 1.54) is 18.2 Å². The third-order valence-electron chi connectivity index (χ3n) is 2.95. The van der Waals surface area contributed by atoms with E-state index < -0.39 is 16.7 Å². The van der Waals surface area contributed by atoms with Crippen molar-refractivity contribution in [2.45, 2.75) is 18.9 Å². The Labute approximate surface area is 107 Å². The lowest BCUT2D eigenvalue weighted by atomic mass is 10.1. The standard InChI is InChI=1S/C12H15NO4S/c14-9-1-2-11(15)10(7-9)12(16)13-8-3-5-18(17)6-4-8/h1-2,7-8,14-15H,3-6H2,(H,13,16). The summed E-state index contributed by atoms with van der Waals surface area (Å²) in [6.45, 7) is 0. The van der Waals surface area contributed by atoms with Gasteiger partial charge >= 0.3 is 0 Å². The molecule has 0 bridgehead atoms. The molecule has 1 aliphatic heterocycles. The van der Waals surface area contributed by atoms with Gasteiger partial charge < -0.3 is 15.5 Å². The predicted molar refractivity (Wildman–Crippen MR) is 68.1 cm³/mol. The molecule has 1 heterocycles. The molecule has 1 saturated heterocycles. The highest BCUT2D eigenvalue weighted by atomic mass is 32.2. The molecule has 1 amide bonds. The van der Waals surface area contributed by atoms with Gasteiger partial charge in [0.25, 0.3) is 5.91 Å². The smallest absolute Gasteiger partial charge is 0.255 e. The molecule has 0 radical (unpaired) electrons. The first-order chi connectivity index (χ1) is 8.56. The lowest BCUT2D eigenvalue weighted by Gasteiger charge is -2.22. The molecule has 2 rings (SSSR count). The number of phenolic OH excluding ortho intramolecular Hbond substituents is 2. The van der Waals surface area contributed by atoms with Gasteiger partial charge in [-0.05, 0) is 31.0 Å². The van der Waals surface area contributed by atoms with Crippen LogP contribution in [0.2, 0.25) is 0 Å². The van der Waals surface area contributed by atoms with Crippen molar-refractivity contribution < 1.29 is 19.2 Å². The predicted octanol–water partition coefficient (Wildman–Crippen LogP) is 0.739. The summed E-state index contributed by atoms with van der Waals surface area (Å²) in [6, 6.07) is 3.80. The zero-order valence-electron chi connectivity index (χ0n) is 9.76. The lowest BCUT2D eigenvalue weighted by Crippen LogP contribution is -2.39. The molecule has 0 saturated carbocycles. The number of carbonyl (C=O) groups is 1. The van der Waals surface area contributed by atoms with Crippen LogP contribution >= 0.6 is 0 Å². The van der Waals surface area contributed by atoms with Gasteiger partial charge in [0.15, 0.2) is 0 Å². The van der Waals surface area contributed by atoms with Gasteiger partial charge in [0.05, 0.1) is 5.56 Å². The van der Waals surface area contributed by atoms with Gasteiger partial charge in [-0.2, -0.15) is 0 Å². The number of amides is 1. The monoisotopic (exact) mass is 269 g/mol. The fraction of sp³-hybridized carbons (Fsp3) is 0.417. The normalized spacial score (nSPS) is 23.6. The molecule has 1 aromatic carbocycles. The Morgan fingerprint density at radius 2 is 1.94 bits per heavy atom. The van der Waals surface area contributed by atoms with E-state index >= 15 is 0 Å². The number of phenols is 2. The number of nitrogens with one attached hydrogen (secondary N) is 1. The van der Waals surface area contributed by atoms with Crippen molar-refractivity contribution >= 4 is 16.7 Å². The van der Waals surface area contributed by atoms with Crippen molar-refractivity contribution in [2.24, 2.45) is 0 Å². The topological polar surface area (TPSA) is 86.6 Å². The zero-order valence-corrected chi connectivity index (χ0v) is 10.6. The molecule has 0 unspecified atom stereocenters. The maximum Gasteiger partial charge on any atom is 0.255 e. The highest BCUT2D eigenvalue weighted by Gasteiger charge is 2.21. The molecule has 6 heteroatoms. The van der Waals surface area contributed by atoms with Gasteiger partial charge in [0, 0.05) is 28.3 Å². The second-order valence-corrected chi connectivity index (χ2v) is 5.99. The van der Waals surface area contributed by atoms with Crippen LogP contribution < -0.4 is 5.32 Å². The third-order valence-corrected chi connectivity index (χ3v) is 4.33. The van der Waals surface area contributed by atoms with Gasteiger partial charge in [-0.25, -0.2) is 0 Å². The van der Waals surface area contributed by atoms with Crippen molar-refractivity contribution in [3.63, 3.8) is 0 Å². The molecule has 1 aliphatic rings. The van der Waals surface area contributed by atoms with E-state index in [-0.39, 0.29) is 23.1 Å². The molecule has 1 fully saturated rings. The van der Waals surface area contributed by atoms with Crippen molar-refractivity contribution in [2.75, 3.05) is 11.5 Å². The van der Waals surface area contributed by atoms with Gasteiger partial charge in [0.2, 0.25) is 0 Å². The largest absolute Gasteiger partial charge is 0.508 e. The maximum atomic E-state index is 11.9. The summed E-state index contributed by atoms with van der Waals surface area (Å²) in [5, 5.41) is 21.6. The summed E-state index contributed by atoms with van der Waals surface area (Å²) >= 11 is 0. The van der Waals surface area contributed by atoms with E-state index in [0.29, 0.717) is 24.3 Å². The molecule has 18 heavy (non-hydrogen) atoms. The third kappa shape index (κ3) is 3.01. The summed E-state index contributed by atoms with van der Waals surface area (Å²) in [5.74, 6) is 0.543. The Bertz CT molecular complexity index is 479. The van der Waals surface area contributed by atoms with Crippen LogP contribution in [0.4, 0.5) is 0 Å². The van der Waals surface area contributed by atoms with Crippen molar-refractivity contribution in [3.05, 3.63) is 23.8 Å². The second-order valence-electron chi connectivity index (χ2n) is 4.30. The number of rotatable bonds is 2. The number of hydrogen-bond donors (Lipinski definition) is 3. The average molecular weight is 269 g/mol. The fourth-order valence-electron chi connectivity index (χ4n) is 1.91. The quantitative estimate of drug-likeness (QED) is 0.691. The highest BCUT2D eigenvalue weighted by Crippen LogP contribution is 2.22. The Hall–Kier alpha value is -1.56. The zero-order chi connectivity index (χ0) is 13.1. The first-order valence-corrected chi connectivity index (χ1v) is 7.23. The number of benzene rings is 1. The van der Waals surface area contributed by atoms with E-state index in [1.54, 1.807) is 0 Å². The Balaban J connectivity index is 2.03. The van der Waals surface area contributed by atoms with E-state index in [1.807, 2.05) is 0 Å². The van der Waals surface area contributed by atoms with Crippen LogP contribution in [0.25, 0.3) is 0 Å². The minimum absolute atomic E-state index is 0.0167. The molecule has 98 valence electrons. The SMILES string of the molecule is O=C(NC1CCS(=O)CC1)c1cc(O)ccc1O. The van der Waals surface area contributed by atoms with Crippen LogP contribution in [-0.2, 0) is 10.8 Å². The highest BCUT2D eigenvalue weighted by molar-refractivity contribution is 7.85. The van der Waals surface area contributed by atoms with Crippen LogP contribution in [-0.4, -0.2) is 37.9 Å². The molecule has 0 aromatic heterocycles. The van der Waals surface area contributed by atoms with Crippen LogP contribution in [0, 0.1) is 0 Å². The summed E-state index contributed by atoms with van der Waals surface area (Å²) in [4.78, 5) is 11.9. The van der Waals surface area contributed by atoms with Crippen LogP contribution in [0.15, 0.2) is 18.2 Å². The first kappa shape index (κ1) is 12.9. The molecule has 1 aromatic rings. The lowest BCUT2D eigenvalue weighted by molar-refractivity contribution is 0.0931. The molecular formula is C12H15NO4S. The molecule has 0 spiro atoms. The first-order valence-electron chi connectivity index (χ1n) is 5.74. The number of carbonyl (C=O) groups excluding carboxylic acids is 1. The van der Waals surface area contributed by atoms with E-state index in [4.69, 9.17) is 0 Å². The Kier molecular flexibility index (Phi) is 3.86. The molecule has 0 aliphatic carbocycles. The molecule has 3 N–H and O–H groups in total.